The molecule has 0 amide bonds. The molecule has 0 aliphatic heterocycles. The van der Waals surface area contributed by atoms with Gasteiger partial charge in [-0.1, -0.05) is 0 Å². The summed E-state index contributed by atoms with van der Waals surface area (Å²) in [5.74, 6) is -4.73. The van der Waals surface area contributed by atoms with E-state index in [0.29, 0.717) is 0 Å². The second-order valence-electron chi connectivity index (χ2n) is 1.92. The molecule has 1 unspecified atom stereocenters. The smallest absolute Gasteiger partial charge is 0.251 e. The zero-order valence-electron chi connectivity index (χ0n) is 5.34. The van der Waals surface area contributed by atoms with Crippen LogP contribution in [0.3, 0.4) is 0 Å². The molecule has 0 aliphatic rings. The van der Waals surface area contributed by atoms with Crippen LogP contribution < -0.4 is 0 Å². The van der Waals surface area contributed by atoms with E-state index in [1.807, 2.05) is 0 Å². The molecule has 0 saturated heterocycles. The van der Waals surface area contributed by atoms with Crippen molar-refractivity contribution in [3.8, 4) is 0 Å². The van der Waals surface area contributed by atoms with Crippen LogP contribution in [0.15, 0.2) is 0 Å². The molecule has 0 rings (SSSR count). The summed E-state index contributed by atoms with van der Waals surface area (Å²) in [6, 6.07) is 0. The van der Waals surface area contributed by atoms with E-state index in [4.69, 9.17) is 0 Å². The Hall–Kier alpha value is -0.420. The summed E-state index contributed by atoms with van der Waals surface area (Å²) in [5.41, 5.74) is 0. The number of hydrogen-bond donors (Lipinski definition) is 0. The Morgan fingerprint density at radius 2 is 1.55 bits per heavy atom. The minimum absolute atomic E-state index is 1.20. The van der Waals surface area contributed by atoms with Crippen LogP contribution in [-0.2, 0) is 0 Å². The number of halogens is 6. The van der Waals surface area contributed by atoms with Gasteiger partial charge in [-0.25, -0.2) is 13.2 Å². The summed E-state index contributed by atoms with van der Waals surface area (Å²) in [6.07, 6.45) is -8.38. The summed E-state index contributed by atoms with van der Waals surface area (Å²) in [4.78, 5) is 0. The predicted octanol–water partition coefficient (Wildman–Crippen LogP) is 2.58. The van der Waals surface area contributed by atoms with Gasteiger partial charge in [-0.3, -0.25) is 4.39 Å². The second kappa shape index (κ2) is 3.82. The van der Waals surface area contributed by atoms with Crippen LogP contribution in [0, 0.1) is 0 Å². The molecule has 0 heterocycles. The molecule has 0 radical (unpaired) electrons. The third kappa shape index (κ3) is 2.59. The normalized spacial score (nSPS) is 15.5. The van der Waals surface area contributed by atoms with Crippen LogP contribution >= 0.6 is 0 Å². The molecule has 6 heteroatoms. The first-order chi connectivity index (χ1) is 4.92. The minimum Gasteiger partial charge on any atom is -0.251 e. The lowest BCUT2D eigenvalue weighted by Crippen LogP contribution is -2.37. The van der Waals surface area contributed by atoms with Gasteiger partial charge in [-0.05, 0) is 0 Å². The topological polar surface area (TPSA) is 0 Å². The van der Waals surface area contributed by atoms with Crippen LogP contribution in [-0.4, -0.2) is 25.2 Å². The SMILES string of the molecule is FCCC(F)C(F)(F)C(F)F. The van der Waals surface area contributed by atoms with E-state index >= 15 is 0 Å². The third-order valence-corrected chi connectivity index (χ3v) is 1.07. The van der Waals surface area contributed by atoms with E-state index in [1.165, 1.54) is 0 Å². The number of alkyl halides is 6. The molecule has 0 aromatic heterocycles. The first-order valence-electron chi connectivity index (χ1n) is 2.79. The average Bonchev–Trinajstić information content (AvgIpc) is 1.88. The molecule has 0 spiro atoms. The van der Waals surface area contributed by atoms with Crippen LogP contribution in [0.4, 0.5) is 26.3 Å². The Morgan fingerprint density at radius 1 is 1.09 bits per heavy atom. The molecule has 68 valence electrons. The quantitative estimate of drug-likeness (QED) is 0.583. The molecule has 0 fully saturated rings. The Kier molecular flexibility index (Phi) is 3.68. The van der Waals surface area contributed by atoms with E-state index in [1.54, 1.807) is 0 Å². The van der Waals surface area contributed by atoms with Crippen molar-refractivity contribution in [2.75, 3.05) is 6.67 Å². The van der Waals surface area contributed by atoms with Crippen molar-refractivity contribution in [1.29, 1.82) is 0 Å². The average molecular weight is 180 g/mol. The first-order valence-corrected chi connectivity index (χ1v) is 2.79. The minimum atomic E-state index is -4.73. The van der Waals surface area contributed by atoms with Gasteiger partial charge in [0, 0.05) is 6.42 Å². The Balaban J connectivity index is 4.05. The van der Waals surface area contributed by atoms with Gasteiger partial charge in [0.1, 0.15) is 0 Å². The van der Waals surface area contributed by atoms with Crippen LogP contribution in [0.1, 0.15) is 6.42 Å². The zero-order valence-corrected chi connectivity index (χ0v) is 5.34. The predicted molar refractivity (Wildman–Crippen MR) is 26.4 cm³/mol. The van der Waals surface area contributed by atoms with Crippen LogP contribution in [0.2, 0.25) is 0 Å². The first kappa shape index (κ1) is 10.6. The van der Waals surface area contributed by atoms with Crippen molar-refractivity contribution in [1.82, 2.24) is 0 Å². The van der Waals surface area contributed by atoms with Gasteiger partial charge in [0.15, 0.2) is 6.17 Å². The lowest BCUT2D eigenvalue weighted by atomic mass is 10.1. The van der Waals surface area contributed by atoms with Crippen LogP contribution in [0.5, 0.6) is 0 Å². The summed E-state index contributed by atoms with van der Waals surface area (Å²) >= 11 is 0. The Bertz CT molecular complexity index is 112. The fourth-order valence-electron chi connectivity index (χ4n) is 0.425. The van der Waals surface area contributed by atoms with E-state index in [-0.39, 0.29) is 0 Å². The van der Waals surface area contributed by atoms with Gasteiger partial charge in [0.05, 0.1) is 6.67 Å². The maximum atomic E-state index is 12.0. The highest BCUT2D eigenvalue weighted by Crippen LogP contribution is 2.30. The van der Waals surface area contributed by atoms with Crippen molar-refractivity contribution < 1.29 is 26.3 Å². The highest BCUT2D eigenvalue weighted by atomic mass is 19.3. The van der Waals surface area contributed by atoms with Crippen molar-refractivity contribution >= 4 is 0 Å². The van der Waals surface area contributed by atoms with Crippen molar-refractivity contribution in [2.45, 2.75) is 24.9 Å². The molecular weight excluding hydrogens is 174 g/mol. The summed E-state index contributed by atoms with van der Waals surface area (Å²) < 4.78 is 69.4. The summed E-state index contributed by atoms with van der Waals surface area (Å²) in [5, 5.41) is 0. The summed E-state index contributed by atoms with van der Waals surface area (Å²) in [6.45, 7) is -1.37. The van der Waals surface area contributed by atoms with Gasteiger partial charge < -0.3 is 0 Å². The molecule has 0 bridgehead atoms. The van der Waals surface area contributed by atoms with Crippen molar-refractivity contribution in [3.05, 3.63) is 0 Å². The largest absolute Gasteiger partial charge is 0.337 e. The van der Waals surface area contributed by atoms with Gasteiger partial charge in [0.2, 0.25) is 0 Å². The third-order valence-electron chi connectivity index (χ3n) is 1.07. The molecular formula is C5H6F6. The van der Waals surface area contributed by atoms with E-state index in [2.05, 4.69) is 0 Å². The molecule has 11 heavy (non-hydrogen) atoms. The molecule has 0 N–H and O–H groups in total. The number of hydrogen-bond acceptors (Lipinski definition) is 0. The molecule has 0 aromatic carbocycles. The van der Waals surface area contributed by atoms with Crippen molar-refractivity contribution in [3.63, 3.8) is 0 Å². The molecule has 0 aliphatic carbocycles. The molecule has 0 aromatic rings. The molecule has 0 saturated carbocycles. The zero-order chi connectivity index (χ0) is 9.07. The fraction of sp³-hybridized carbons (Fsp3) is 1.00. The van der Waals surface area contributed by atoms with Gasteiger partial charge >= 0.3 is 12.3 Å². The van der Waals surface area contributed by atoms with E-state index < -0.39 is 31.6 Å². The second-order valence-corrected chi connectivity index (χ2v) is 1.92. The molecule has 1 atom stereocenters. The van der Waals surface area contributed by atoms with E-state index in [0.717, 1.165) is 0 Å². The lowest BCUT2D eigenvalue weighted by molar-refractivity contribution is -0.172. The van der Waals surface area contributed by atoms with Gasteiger partial charge in [-0.2, -0.15) is 8.78 Å². The molecule has 0 nitrogen and oxygen atoms in total. The maximum absolute atomic E-state index is 12.0. The van der Waals surface area contributed by atoms with Gasteiger partial charge in [-0.15, -0.1) is 0 Å². The monoisotopic (exact) mass is 180 g/mol. The lowest BCUT2D eigenvalue weighted by Gasteiger charge is -2.18. The Labute approximate surface area is 59.2 Å². The fourth-order valence-corrected chi connectivity index (χ4v) is 0.425. The maximum Gasteiger partial charge on any atom is 0.337 e. The standard InChI is InChI=1S/C5H6F6/c6-2-1-3(7)5(10,11)4(8)9/h3-4H,1-2H2. The van der Waals surface area contributed by atoms with Crippen molar-refractivity contribution in [2.24, 2.45) is 0 Å². The highest BCUT2D eigenvalue weighted by Gasteiger charge is 2.48. The van der Waals surface area contributed by atoms with Gasteiger partial charge in [0.25, 0.3) is 0 Å². The van der Waals surface area contributed by atoms with E-state index in [9.17, 15) is 26.3 Å². The highest BCUT2D eigenvalue weighted by molar-refractivity contribution is 4.78. The Morgan fingerprint density at radius 3 is 1.82 bits per heavy atom. The van der Waals surface area contributed by atoms with Crippen LogP contribution in [0.25, 0.3) is 0 Å². The number of rotatable bonds is 4. The summed E-state index contributed by atoms with van der Waals surface area (Å²) in [7, 11) is 0.